The van der Waals surface area contributed by atoms with Crippen molar-refractivity contribution in [1.29, 1.82) is 0 Å². The molecule has 0 amide bonds. The largest absolute Gasteiger partial charge is 0.446 e. The zero-order valence-electron chi connectivity index (χ0n) is 4.45. The average molecular weight is 122 g/mol. The van der Waals surface area contributed by atoms with Crippen molar-refractivity contribution in [1.82, 2.24) is 0 Å². The maximum atomic E-state index is 11.7. The van der Waals surface area contributed by atoms with Crippen LogP contribution in [0.3, 0.4) is 0 Å². The summed E-state index contributed by atoms with van der Waals surface area (Å²) >= 11 is 4.99. The van der Waals surface area contributed by atoms with Crippen molar-refractivity contribution >= 4 is 17.9 Å². The topological polar surface area (TPSA) is 0 Å². The maximum Gasteiger partial charge on any atom is 0.446 e. The summed E-state index contributed by atoms with van der Waals surface area (Å²) in [6, 6.07) is 0. The summed E-state index contributed by atoms with van der Waals surface area (Å²) in [5.41, 5.74) is 0. The number of rotatable bonds is 3. The van der Waals surface area contributed by atoms with Gasteiger partial charge in [-0.1, -0.05) is 19.8 Å². The molecule has 0 saturated heterocycles. The summed E-state index contributed by atoms with van der Waals surface area (Å²) in [6.07, 6.45) is 1.29. The Morgan fingerprint density at radius 1 is 1.71 bits per heavy atom. The van der Waals surface area contributed by atoms with E-state index in [2.05, 4.69) is 0 Å². The van der Waals surface area contributed by atoms with Crippen molar-refractivity contribution < 1.29 is 4.32 Å². The molecule has 0 aromatic heterocycles. The molecule has 0 fully saturated rings. The molecule has 0 spiro atoms. The van der Waals surface area contributed by atoms with E-state index in [1.165, 1.54) is 0 Å². The lowest BCUT2D eigenvalue weighted by Crippen LogP contribution is -1.90. The van der Waals surface area contributed by atoms with E-state index in [9.17, 15) is 4.32 Å². The van der Waals surface area contributed by atoms with Crippen LogP contribution in [0.1, 0.15) is 19.8 Å². The number of halogens is 2. The molecule has 0 saturated carbocycles. The van der Waals surface area contributed by atoms with Crippen molar-refractivity contribution in [2.24, 2.45) is 0 Å². The number of unbranched alkanes of at least 4 members (excludes halogenated alkanes) is 1. The van der Waals surface area contributed by atoms with Gasteiger partial charge in [-0.25, -0.2) is 0 Å². The van der Waals surface area contributed by atoms with E-state index >= 15 is 0 Å². The van der Waals surface area contributed by atoms with Gasteiger partial charge >= 0.3 is 6.41 Å². The molecule has 3 heteroatoms. The van der Waals surface area contributed by atoms with Crippen molar-refractivity contribution in [2.75, 3.05) is 0 Å². The molecule has 0 aliphatic heterocycles. The molecule has 0 heterocycles. The molecule has 0 rings (SSSR count). The minimum absolute atomic E-state index is 0.498. The van der Waals surface area contributed by atoms with Crippen LogP contribution in [0.2, 0.25) is 6.32 Å². The Hall–Kier alpha value is 0.285. The standard InChI is InChI=1S/C4H9BClF/c1-2-3-4-5(6)7/h2-4H2,1H3. The smallest absolute Gasteiger partial charge is 0.312 e. The zero-order chi connectivity index (χ0) is 5.70. The van der Waals surface area contributed by atoms with E-state index in [4.69, 9.17) is 11.5 Å². The lowest BCUT2D eigenvalue weighted by Gasteiger charge is -1.88. The van der Waals surface area contributed by atoms with Gasteiger partial charge in [-0.2, -0.15) is 0 Å². The number of hydrogen-bond donors (Lipinski definition) is 0. The quantitative estimate of drug-likeness (QED) is 0.505. The first kappa shape index (κ1) is 7.28. The van der Waals surface area contributed by atoms with Crippen LogP contribution in [0.25, 0.3) is 0 Å². The molecule has 0 aliphatic carbocycles. The highest BCUT2D eigenvalue weighted by molar-refractivity contribution is 7.02. The summed E-state index contributed by atoms with van der Waals surface area (Å²) in [6.45, 7) is 2.01. The summed E-state index contributed by atoms with van der Waals surface area (Å²) in [4.78, 5) is 0. The third-order valence-corrected chi connectivity index (χ3v) is 0.994. The minimum atomic E-state index is -1.13. The van der Waals surface area contributed by atoms with Crippen molar-refractivity contribution in [2.45, 2.75) is 26.1 Å². The maximum absolute atomic E-state index is 11.7. The van der Waals surface area contributed by atoms with Gasteiger partial charge in [-0.3, -0.25) is 0 Å². The van der Waals surface area contributed by atoms with E-state index in [-0.39, 0.29) is 0 Å². The first-order chi connectivity index (χ1) is 3.27. The SMILES string of the molecule is CCCCB(F)Cl. The lowest BCUT2D eigenvalue weighted by molar-refractivity contribution is 0.800. The Morgan fingerprint density at radius 3 is 2.43 bits per heavy atom. The van der Waals surface area contributed by atoms with Gasteiger partial charge in [0.2, 0.25) is 0 Å². The normalized spacial score (nSPS) is 9.00. The Morgan fingerprint density at radius 2 is 2.29 bits per heavy atom. The van der Waals surface area contributed by atoms with Crippen molar-refractivity contribution in [3.05, 3.63) is 0 Å². The summed E-state index contributed by atoms with van der Waals surface area (Å²) in [5.74, 6) is 0. The van der Waals surface area contributed by atoms with Gasteiger partial charge in [0, 0.05) is 0 Å². The molecule has 0 unspecified atom stereocenters. The van der Waals surface area contributed by atoms with Crippen LogP contribution in [0.15, 0.2) is 0 Å². The van der Waals surface area contributed by atoms with Crippen molar-refractivity contribution in [3.63, 3.8) is 0 Å². The molecule has 0 aromatic rings. The van der Waals surface area contributed by atoms with E-state index < -0.39 is 6.41 Å². The van der Waals surface area contributed by atoms with Gasteiger partial charge < -0.3 is 4.32 Å². The van der Waals surface area contributed by atoms with Crippen molar-refractivity contribution in [3.8, 4) is 0 Å². The van der Waals surface area contributed by atoms with E-state index in [0.717, 1.165) is 12.8 Å². The fourth-order valence-corrected chi connectivity index (χ4v) is 0.513. The van der Waals surface area contributed by atoms with Gasteiger partial charge in [0.05, 0.1) is 0 Å². The molecule has 0 N–H and O–H groups in total. The van der Waals surface area contributed by atoms with Gasteiger partial charge in [0.15, 0.2) is 0 Å². The van der Waals surface area contributed by atoms with Gasteiger partial charge in [-0.05, 0) is 6.32 Å². The average Bonchev–Trinajstić information content (AvgIpc) is 1.61. The summed E-state index contributed by atoms with van der Waals surface area (Å²) in [5, 5.41) is 0. The monoisotopic (exact) mass is 122 g/mol. The molecule has 0 radical (unpaired) electrons. The number of hydrogen-bond acceptors (Lipinski definition) is 0. The van der Waals surface area contributed by atoms with Crippen LogP contribution in [-0.4, -0.2) is 6.41 Å². The highest BCUT2D eigenvalue weighted by atomic mass is 35.5. The first-order valence-corrected chi connectivity index (χ1v) is 2.99. The van der Waals surface area contributed by atoms with Gasteiger partial charge in [-0.15, -0.1) is 11.5 Å². The predicted molar refractivity (Wildman–Crippen MR) is 32.4 cm³/mol. The first-order valence-electron chi connectivity index (χ1n) is 2.55. The van der Waals surface area contributed by atoms with Crippen LogP contribution in [0.4, 0.5) is 4.32 Å². The second kappa shape index (κ2) is 4.44. The summed E-state index contributed by atoms with van der Waals surface area (Å²) < 4.78 is 11.7. The fraction of sp³-hybridized carbons (Fsp3) is 1.00. The Bertz CT molecular complexity index is 40.7. The van der Waals surface area contributed by atoms with E-state index in [0.29, 0.717) is 6.32 Å². The summed E-state index contributed by atoms with van der Waals surface area (Å²) in [7, 11) is 0. The molecular formula is C4H9BClF. The third kappa shape index (κ3) is 6.28. The molecule has 0 nitrogen and oxygen atoms in total. The van der Waals surface area contributed by atoms with Crippen LogP contribution in [-0.2, 0) is 0 Å². The molecule has 0 aromatic carbocycles. The Kier molecular flexibility index (Phi) is 4.62. The molecule has 42 valence electrons. The minimum Gasteiger partial charge on any atom is -0.312 e. The second-order valence-corrected chi connectivity index (χ2v) is 2.01. The lowest BCUT2D eigenvalue weighted by atomic mass is 9.94. The third-order valence-electron chi connectivity index (χ3n) is 0.776. The van der Waals surface area contributed by atoms with E-state index in [1.807, 2.05) is 6.92 Å². The van der Waals surface area contributed by atoms with E-state index in [1.54, 1.807) is 0 Å². The van der Waals surface area contributed by atoms with Crippen LogP contribution < -0.4 is 0 Å². The van der Waals surface area contributed by atoms with Crippen LogP contribution in [0.5, 0.6) is 0 Å². The molecule has 0 aliphatic rings. The molecule has 0 atom stereocenters. The Labute approximate surface area is 49.1 Å². The highest BCUT2D eigenvalue weighted by Crippen LogP contribution is 2.04. The molecule has 7 heavy (non-hydrogen) atoms. The van der Waals surface area contributed by atoms with Crippen LogP contribution >= 0.6 is 11.5 Å². The van der Waals surface area contributed by atoms with Gasteiger partial charge in [0.25, 0.3) is 0 Å². The second-order valence-electron chi connectivity index (χ2n) is 1.53. The molecular weight excluding hydrogens is 113 g/mol. The predicted octanol–water partition coefficient (Wildman–Crippen LogP) is 2.48. The Balaban J connectivity index is 2.68. The van der Waals surface area contributed by atoms with Crippen LogP contribution in [0, 0.1) is 0 Å². The zero-order valence-corrected chi connectivity index (χ0v) is 5.21. The molecule has 0 bridgehead atoms. The highest BCUT2D eigenvalue weighted by Gasteiger charge is 2.05. The fourth-order valence-electron chi connectivity index (χ4n) is 0.358. The van der Waals surface area contributed by atoms with Gasteiger partial charge in [0.1, 0.15) is 0 Å².